The van der Waals surface area contributed by atoms with Crippen LogP contribution < -0.4 is 0 Å². The minimum Gasteiger partial charge on any atom is -0.387 e. The Bertz CT molecular complexity index is 1080. The molecule has 1 aliphatic heterocycles. The summed E-state index contributed by atoms with van der Waals surface area (Å²) in [7, 11) is 0. The van der Waals surface area contributed by atoms with Gasteiger partial charge in [0.25, 0.3) is 0 Å². The number of nitrogens with zero attached hydrogens (tertiary/aromatic N) is 1. The zero-order chi connectivity index (χ0) is 23.6. The Balaban J connectivity index is 1.66. The van der Waals surface area contributed by atoms with Gasteiger partial charge in [-0.05, 0) is 38.3 Å². The van der Waals surface area contributed by atoms with E-state index in [0.29, 0.717) is 25.1 Å². The Morgan fingerprint density at radius 2 is 1.52 bits per heavy atom. The molecule has 0 aliphatic carbocycles. The van der Waals surface area contributed by atoms with Crippen molar-refractivity contribution < 1.29 is 15.0 Å². The second-order valence-corrected chi connectivity index (χ2v) is 9.41. The van der Waals surface area contributed by atoms with Crippen LogP contribution in [0.4, 0.5) is 0 Å². The summed E-state index contributed by atoms with van der Waals surface area (Å²) < 4.78 is 0. The lowest BCUT2D eigenvalue weighted by atomic mass is 9.72. The molecule has 0 amide bonds. The average Bonchev–Trinajstić information content (AvgIpc) is 2.84. The fourth-order valence-electron chi connectivity index (χ4n) is 4.87. The second-order valence-electron chi connectivity index (χ2n) is 9.41. The number of piperidine rings is 1. The van der Waals surface area contributed by atoms with E-state index >= 15 is 0 Å². The van der Waals surface area contributed by atoms with Crippen molar-refractivity contribution >= 4 is 5.78 Å². The fourth-order valence-corrected chi connectivity index (χ4v) is 4.87. The zero-order valence-corrected chi connectivity index (χ0v) is 19.6. The number of hydrogen-bond acceptors (Lipinski definition) is 4. The van der Waals surface area contributed by atoms with Gasteiger partial charge in [-0.3, -0.25) is 9.69 Å². The van der Waals surface area contributed by atoms with Gasteiger partial charge in [-0.1, -0.05) is 90.0 Å². The molecule has 1 saturated heterocycles. The second kappa shape index (κ2) is 9.60. The first-order valence-electron chi connectivity index (χ1n) is 11.7. The van der Waals surface area contributed by atoms with Crippen LogP contribution in [0.2, 0.25) is 0 Å². The van der Waals surface area contributed by atoms with Crippen LogP contribution >= 0.6 is 0 Å². The molecule has 1 heterocycles. The number of aryl methyl sites for hydroxylation is 2. The first-order chi connectivity index (χ1) is 15.8. The van der Waals surface area contributed by atoms with Gasteiger partial charge in [-0.2, -0.15) is 0 Å². The lowest BCUT2D eigenvalue weighted by Crippen LogP contribution is -2.56. The number of aliphatic hydroxyl groups is 2. The van der Waals surface area contributed by atoms with Gasteiger partial charge in [-0.15, -0.1) is 0 Å². The van der Waals surface area contributed by atoms with Crippen molar-refractivity contribution in [1.29, 1.82) is 0 Å². The van der Waals surface area contributed by atoms with Crippen molar-refractivity contribution in [3.63, 3.8) is 0 Å². The Labute approximate surface area is 196 Å². The SMILES string of the molecule is Cc1ccc(C(=O)C2CN(C(C)C(O)c3ccccc3)CCC2(O)c2ccc(C)cc2)cc1. The van der Waals surface area contributed by atoms with Gasteiger partial charge < -0.3 is 10.2 Å². The largest absolute Gasteiger partial charge is 0.387 e. The van der Waals surface area contributed by atoms with Crippen molar-refractivity contribution in [1.82, 2.24) is 4.90 Å². The highest BCUT2D eigenvalue weighted by Crippen LogP contribution is 2.41. The predicted molar refractivity (Wildman–Crippen MR) is 131 cm³/mol. The molecule has 172 valence electrons. The smallest absolute Gasteiger partial charge is 0.170 e. The molecule has 4 unspecified atom stereocenters. The van der Waals surface area contributed by atoms with Crippen LogP contribution in [-0.4, -0.2) is 40.0 Å². The van der Waals surface area contributed by atoms with Gasteiger partial charge in [0.2, 0.25) is 0 Å². The van der Waals surface area contributed by atoms with Crippen molar-refractivity contribution in [2.24, 2.45) is 5.92 Å². The molecule has 0 aromatic heterocycles. The van der Waals surface area contributed by atoms with E-state index in [9.17, 15) is 15.0 Å². The number of aliphatic hydroxyl groups excluding tert-OH is 1. The molecule has 0 saturated carbocycles. The molecule has 2 N–H and O–H groups in total. The minimum atomic E-state index is -1.26. The third kappa shape index (κ3) is 4.79. The maximum absolute atomic E-state index is 13.7. The predicted octanol–water partition coefficient (Wildman–Crippen LogP) is 4.82. The van der Waals surface area contributed by atoms with Gasteiger partial charge in [0.05, 0.1) is 12.0 Å². The number of Topliss-reactive ketones (excluding diaryl/α,β-unsaturated/α-hetero) is 1. The average molecular weight is 444 g/mol. The van der Waals surface area contributed by atoms with Crippen LogP contribution in [0, 0.1) is 19.8 Å². The Morgan fingerprint density at radius 1 is 0.939 bits per heavy atom. The maximum Gasteiger partial charge on any atom is 0.170 e. The molecule has 33 heavy (non-hydrogen) atoms. The summed E-state index contributed by atoms with van der Waals surface area (Å²) in [6, 6.07) is 24.8. The Hall–Kier alpha value is -2.79. The van der Waals surface area contributed by atoms with Gasteiger partial charge in [0.1, 0.15) is 5.60 Å². The standard InChI is InChI=1S/C29H33NO3/c1-20-9-13-24(14-10-20)28(32)26-19-30(22(3)27(31)23-7-5-4-6-8-23)18-17-29(26,33)25-15-11-21(2)12-16-25/h4-16,22,26-27,31,33H,17-19H2,1-3H3. The van der Waals surface area contributed by atoms with Gasteiger partial charge >= 0.3 is 0 Å². The lowest BCUT2D eigenvalue weighted by molar-refractivity contribution is -0.0823. The highest BCUT2D eigenvalue weighted by atomic mass is 16.3. The normalized spacial score (nSPS) is 23.1. The number of ketones is 1. The number of carbonyl (C=O) groups is 1. The molecule has 3 aromatic carbocycles. The van der Waals surface area contributed by atoms with Gasteiger partial charge in [0, 0.05) is 24.7 Å². The van der Waals surface area contributed by atoms with Crippen LogP contribution in [0.3, 0.4) is 0 Å². The molecular weight excluding hydrogens is 410 g/mol. The molecule has 0 radical (unpaired) electrons. The zero-order valence-electron chi connectivity index (χ0n) is 19.6. The lowest BCUT2D eigenvalue weighted by Gasteiger charge is -2.47. The minimum absolute atomic E-state index is 0.0656. The van der Waals surface area contributed by atoms with E-state index in [1.54, 1.807) is 0 Å². The van der Waals surface area contributed by atoms with E-state index in [4.69, 9.17) is 0 Å². The highest BCUT2D eigenvalue weighted by molar-refractivity contribution is 5.99. The van der Waals surface area contributed by atoms with E-state index in [1.807, 2.05) is 99.6 Å². The highest BCUT2D eigenvalue weighted by Gasteiger charge is 2.48. The maximum atomic E-state index is 13.7. The van der Waals surface area contributed by atoms with E-state index in [-0.39, 0.29) is 11.8 Å². The van der Waals surface area contributed by atoms with Gasteiger partial charge in [-0.25, -0.2) is 0 Å². The topological polar surface area (TPSA) is 60.8 Å². The van der Waals surface area contributed by atoms with Crippen molar-refractivity contribution in [3.8, 4) is 0 Å². The Kier molecular flexibility index (Phi) is 6.80. The molecule has 3 aromatic rings. The van der Waals surface area contributed by atoms with E-state index < -0.39 is 17.6 Å². The number of hydrogen-bond donors (Lipinski definition) is 2. The number of carbonyl (C=O) groups excluding carboxylic acids is 1. The van der Waals surface area contributed by atoms with Crippen molar-refractivity contribution in [2.75, 3.05) is 13.1 Å². The summed E-state index contributed by atoms with van der Waals surface area (Å²) in [4.78, 5) is 15.9. The molecule has 1 aliphatic rings. The molecule has 4 heteroatoms. The first-order valence-corrected chi connectivity index (χ1v) is 11.7. The van der Waals surface area contributed by atoms with Crippen LogP contribution in [0.5, 0.6) is 0 Å². The molecule has 4 rings (SSSR count). The fraction of sp³-hybridized carbons (Fsp3) is 0.345. The number of likely N-dealkylation sites (tertiary alicyclic amines) is 1. The summed E-state index contributed by atoms with van der Waals surface area (Å²) in [6.45, 7) is 6.96. The monoisotopic (exact) mass is 443 g/mol. The molecule has 0 spiro atoms. The van der Waals surface area contributed by atoms with Gasteiger partial charge in [0.15, 0.2) is 5.78 Å². The van der Waals surface area contributed by atoms with E-state index in [0.717, 1.165) is 22.3 Å². The van der Waals surface area contributed by atoms with Crippen LogP contribution in [-0.2, 0) is 5.60 Å². The van der Waals surface area contributed by atoms with Crippen molar-refractivity contribution in [3.05, 3.63) is 107 Å². The quantitative estimate of drug-likeness (QED) is 0.537. The van der Waals surface area contributed by atoms with Crippen LogP contribution in [0.15, 0.2) is 78.9 Å². The molecule has 4 nitrogen and oxygen atoms in total. The summed E-state index contributed by atoms with van der Waals surface area (Å²) in [5, 5.41) is 22.9. The van der Waals surface area contributed by atoms with E-state index in [1.165, 1.54) is 0 Å². The molecule has 0 bridgehead atoms. The molecular formula is C29H33NO3. The van der Waals surface area contributed by atoms with Crippen LogP contribution in [0.1, 0.15) is 52.1 Å². The summed E-state index contributed by atoms with van der Waals surface area (Å²) >= 11 is 0. The molecule has 1 fully saturated rings. The summed E-state index contributed by atoms with van der Waals surface area (Å²) in [5.74, 6) is -0.703. The Morgan fingerprint density at radius 3 is 2.12 bits per heavy atom. The number of rotatable bonds is 6. The first kappa shape index (κ1) is 23.4. The third-order valence-corrected chi connectivity index (χ3v) is 7.15. The number of benzene rings is 3. The molecule has 4 atom stereocenters. The van der Waals surface area contributed by atoms with Crippen molar-refractivity contribution in [2.45, 2.75) is 44.9 Å². The summed E-state index contributed by atoms with van der Waals surface area (Å²) in [6.07, 6.45) is -0.253. The summed E-state index contributed by atoms with van der Waals surface area (Å²) in [5.41, 5.74) is 3.17. The third-order valence-electron chi connectivity index (χ3n) is 7.15. The van der Waals surface area contributed by atoms with E-state index in [2.05, 4.69) is 4.90 Å². The van der Waals surface area contributed by atoms with Crippen LogP contribution in [0.25, 0.3) is 0 Å².